The molecule has 13 heavy (non-hydrogen) atoms. The van der Waals surface area contributed by atoms with Crippen LogP contribution in [-0.4, -0.2) is 38.5 Å². The lowest BCUT2D eigenvalue weighted by molar-refractivity contribution is -0.154. The first kappa shape index (κ1) is 10.5. The van der Waals surface area contributed by atoms with Gasteiger partial charge in [-0.3, -0.25) is 0 Å². The number of hydrogen-bond donors (Lipinski definition) is 0. The number of rotatable bonds is 4. The molecule has 1 aliphatic rings. The highest BCUT2D eigenvalue weighted by atomic mass is 16.6. The van der Waals surface area contributed by atoms with Crippen molar-refractivity contribution in [2.75, 3.05) is 20.3 Å². The zero-order valence-corrected chi connectivity index (χ0v) is 8.12. The molecule has 4 nitrogen and oxygen atoms in total. The van der Waals surface area contributed by atoms with Crippen LogP contribution < -0.4 is 0 Å². The van der Waals surface area contributed by atoms with E-state index in [-0.39, 0.29) is 12.1 Å². The molecule has 0 aromatic heterocycles. The van der Waals surface area contributed by atoms with E-state index in [4.69, 9.17) is 9.47 Å². The van der Waals surface area contributed by atoms with E-state index in [2.05, 4.69) is 4.74 Å². The quantitative estimate of drug-likeness (QED) is 0.610. The highest BCUT2D eigenvalue weighted by molar-refractivity contribution is 5.73. The number of methoxy groups -OCH3 is 1. The van der Waals surface area contributed by atoms with Crippen molar-refractivity contribution in [3.63, 3.8) is 0 Å². The van der Waals surface area contributed by atoms with Gasteiger partial charge < -0.3 is 14.2 Å². The van der Waals surface area contributed by atoms with Crippen LogP contribution in [0.3, 0.4) is 0 Å². The van der Waals surface area contributed by atoms with Crippen molar-refractivity contribution >= 4 is 5.97 Å². The van der Waals surface area contributed by atoms with Gasteiger partial charge in [-0.05, 0) is 19.8 Å². The van der Waals surface area contributed by atoms with Crippen molar-refractivity contribution < 1.29 is 19.0 Å². The van der Waals surface area contributed by atoms with Crippen LogP contribution in [0.2, 0.25) is 0 Å². The number of ether oxygens (including phenoxy) is 3. The average Bonchev–Trinajstić information content (AvgIpc) is 2.65. The SMILES string of the molecule is COC(=O)[C@H](C)OCC1CCCO1. The summed E-state index contributed by atoms with van der Waals surface area (Å²) < 4.78 is 15.1. The van der Waals surface area contributed by atoms with Crippen LogP contribution >= 0.6 is 0 Å². The van der Waals surface area contributed by atoms with Crippen molar-refractivity contribution in [3.8, 4) is 0 Å². The highest BCUT2D eigenvalue weighted by Gasteiger charge is 2.19. The summed E-state index contributed by atoms with van der Waals surface area (Å²) in [5.74, 6) is -0.335. The first-order chi connectivity index (χ1) is 6.24. The Kier molecular flexibility index (Phi) is 4.18. The molecule has 0 bridgehead atoms. The molecule has 0 saturated carbocycles. The largest absolute Gasteiger partial charge is 0.467 e. The summed E-state index contributed by atoms with van der Waals surface area (Å²) in [6.45, 7) is 2.97. The first-order valence-electron chi connectivity index (χ1n) is 4.55. The molecule has 1 rings (SSSR count). The summed E-state index contributed by atoms with van der Waals surface area (Å²) in [6.07, 6.45) is 1.77. The lowest BCUT2D eigenvalue weighted by Crippen LogP contribution is -2.26. The van der Waals surface area contributed by atoms with Gasteiger partial charge in [0.2, 0.25) is 0 Å². The second-order valence-electron chi connectivity index (χ2n) is 3.13. The van der Waals surface area contributed by atoms with E-state index in [1.54, 1.807) is 6.92 Å². The third-order valence-corrected chi connectivity index (χ3v) is 2.09. The van der Waals surface area contributed by atoms with Crippen molar-refractivity contribution in [1.29, 1.82) is 0 Å². The van der Waals surface area contributed by atoms with Crippen LogP contribution in [0.15, 0.2) is 0 Å². The standard InChI is InChI=1S/C9H16O4/c1-7(9(10)11-2)13-6-8-4-3-5-12-8/h7-8H,3-6H2,1-2H3/t7-,8?/m0/s1. The molecule has 0 amide bonds. The summed E-state index contributed by atoms with van der Waals surface area (Å²) in [7, 11) is 1.36. The molecular weight excluding hydrogens is 172 g/mol. The van der Waals surface area contributed by atoms with Crippen molar-refractivity contribution in [1.82, 2.24) is 0 Å². The molecule has 0 N–H and O–H groups in total. The summed E-state index contributed by atoms with van der Waals surface area (Å²) in [4.78, 5) is 10.9. The molecule has 1 saturated heterocycles. The fourth-order valence-electron chi connectivity index (χ4n) is 1.26. The molecule has 76 valence electrons. The predicted molar refractivity (Wildman–Crippen MR) is 46.4 cm³/mol. The molecule has 0 aromatic carbocycles. The summed E-state index contributed by atoms with van der Waals surface area (Å²) in [5, 5.41) is 0. The van der Waals surface area contributed by atoms with Gasteiger partial charge in [0.15, 0.2) is 6.10 Å². The predicted octanol–water partition coefficient (Wildman–Crippen LogP) is 0.743. The lowest BCUT2D eigenvalue weighted by atomic mass is 10.2. The minimum absolute atomic E-state index is 0.159. The van der Waals surface area contributed by atoms with Crippen LogP contribution in [0.1, 0.15) is 19.8 Å². The van der Waals surface area contributed by atoms with E-state index >= 15 is 0 Å². The van der Waals surface area contributed by atoms with Gasteiger partial charge >= 0.3 is 5.97 Å². The van der Waals surface area contributed by atoms with Crippen LogP contribution in [0.5, 0.6) is 0 Å². The first-order valence-corrected chi connectivity index (χ1v) is 4.55. The second kappa shape index (κ2) is 5.19. The van der Waals surface area contributed by atoms with Crippen LogP contribution in [0.25, 0.3) is 0 Å². The van der Waals surface area contributed by atoms with Gasteiger partial charge in [-0.2, -0.15) is 0 Å². The molecule has 4 heteroatoms. The summed E-state index contributed by atoms with van der Waals surface area (Å²) in [6, 6.07) is 0. The Morgan fingerprint density at radius 2 is 2.46 bits per heavy atom. The Hall–Kier alpha value is -0.610. The topological polar surface area (TPSA) is 44.8 Å². The third-order valence-electron chi connectivity index (χ3n) is 2.09. The van der Waals surface area contributed by atoms with E-state index in [9.17, 15) is 4.79 Å². The van der Waals surface area contributed by atoms with Crippen LogP contribution in [0.4, 0.5) is 0 Å². The molecule has 0 spiro atoms. The van der Waals surface area contributed by atoms with Gasteiger partial charge in [0.25, 0.3) is 0 Å². The maximum atomic E-state index is 10.9. The molecule has 1 heterocycles. The molecule has 0 aromatic rings. The summed E-state index contributed by atoms with van der Waals surface area (Å²) >= 11 is 0. The Balaban J connectivity index is 2.13. The van der Waals surface area contributed by atoms with E-state index in [0.717, 1.165) is 19.4 Å². The number of carbonyl (C=O) groups is 1. The minimum atomic E-state index is -0.491. The molecule has 0 aliphatic carbocycles. The molecular formula is C9H16O4. The van der Waals surface area contributed by atoms with E-state index < -0.39 is 6.10 Å². The second-order valence-corrected chi connectivity index (χ2v) is 3.13. The van der Waals surface area contributed by atoms with Gasteiger partial charge in [0.1, 0.15) is 0 Å². The zero-order valence-electron chi connectivity index (χ0n) is 8.12. The maximum Gasteiger partial charge on any atom is 0.334 e. The zero-order chi connectivity index (χ0) is 9.68. The van der Waals surface area contributed by atoms with Gasteiger partial charge in [0.05, 0.1) is 19.8 Å². The monoisotopic (exact) mass is 188 g/mol. The summed E-state index contributed by atoms with van der Waals surface area (Å²) in [5.41, 5.74) is 0. The Morgan fingerprint density at radius 1 is 1.69 bits per heavy atom. The highest BCUT2D eigenvalue weighted by Crippen LogP contribution is 2.12. The third kappa shape index (κ3) is 3.32. The Morgan fingerprint density at radius 3 is 3.00 bits per heavy atom. The lowest BCUT2D eigenvalue weighted by Gasteiger charge is -2.13. The van der Waals surface area contributed by atoms with E-state index in [0.29, 0.717) is 6.61 Å². The van der Waals surface area contributed by atoms with Crippen molar-refractivity contribution in [2.24, 2.45) is 0 Å². The number of hydrogen-bond acceptors (Lipinski definition) is 4. The van der Waals surface area contributed by atoms with Gasteiger partial charge in [0, 0.05) is 6.61 Å². The Labute approximate surface area is 78.2 Å². The van der Waals surface area contributed by atoms with Crippen LogP contribution in [-0.2, 0) is 19.0 Å². The normalized spacial score (nSPS) is 24.3. The minimum Gasteiger partial charge on any atom is -0.467 e. The van der Waals surface area contributed by atoms with Crippen molar-refractivity contribution in [3.05, 3.63) is 0 Å². The smallest absolute Gasteiger partial charge is 0.334 e. The number of carbonyl (C=O) groups excluding carboxylic acids is 1. The van der Waals surface area contributed by atoms with Crippen LogP contribution in [0, 0.1) is 0 Å². The fraction of sp³-hybridized carbons (Fsp3) is 0.889. The maximum absolute atomic E-state index is 10.9. The number of esters is 1. The molecule has 1 unspecified atom stereocenters. The fourth-order valence-corrected chi connectivity index (χ4v) is 1.26. The van der Waals surface area contributed by atoms with E-state index in [1.807, 2.05) is 0 Å². The average molecular weight is 188 g/mol. The van der Waals surface area contributed by atoms with Gasteiger partial charge in [-0.25, -0.2) is 4.79 Å². The van der Waals surface area contributed by atoms with Gasteiger partial charge in [-0.1, -0.05) is 0 Å². The van der Waals surface area contributed by atoms with Crippen molar-refractivity contribution in [2.45, 2.75) is 32.0 Å². The van der Waals surface area contributed by atoms with E-state index in [1.165, 1.54) is 7.11 Å². The molecule has 0 radical (unpaired) electrons. The molecule has 2 atom stereocenters. The molecule has 1 fully saturated rings. The van der Waals surface area contributed by atoms with Gasteiger partial charge in [-0.15, -0.1) is 0 Å². The Bertz CT molecular complexity index is 163. The molecule has 1 aliphatic heterocycles.